The first-order chi connectivity index (χ1) is 30.8. The molecule has 6 aromatic carbocycles. The Morgan fingerprint density at radius 1 is 0.547 bits per heavy atom. The normalized spacial score (nSPS) is 13.3. The molecular formula is C59H62N3OPt-. The van der Waals surface area contributed by atoms with Crippen molar-refractivity contribution in [1.82, 2.24) is 14.5 Å². The molecule has 0 aliphatic carbocycles. The van der Waals surface area contributed by atoms with Crippen LogP contribution in [0.15, 0.2) is 134 Å². The van der Waals surface area contributed by atoms with Gasteiger partial charge in [0, 0.05) is 48.2 Å². The number of aromatic hydroxyl groups is 1. The van der Waals surface area contributed by atoms with Crippen molar-refractivity contribution < 1.29 is 30.3 Å². The molecule has 0 aliphatic rings. The van der Waals surface area contributed by atoms with Gasteiger partial charge in [0.15, 0.2) is 0 Å². The van der Waals surface area contributed by atoms with Gasteiger partial charge in [-0.05, 0) is 86.7 Å². The first-order valence-electron chi connectivity index (χ1n) is 23.5. The predicted octanol–water partition coefficient (Wildman–Crippen LogP) is 15.8. The number of para-hydroxylation sites is 1. The molecule has 2 heterocycles. The van der Waals surface area contributed by atoms with Crippen LogP contribution in [0.4, 0.5) is 0 Å². The van der Waals surface area contributed by atoms with Gasteiger partial charge in [0.2, 0.25) is 0 Å². The number of fused-ring (bicyclic) bond motifs is 1. The molecule has 4 nitrogen and oxygen atoms in total. The zero-order valence-corrected chi connectivity index (χ0v) is 41.6. The summed E-state index contributed by atoms with van der Waals surface area (Å²) >= 11 is 0. The van der Waals surface area contributed by atoms with E-state index in [2.05, 4.69) is 179 Å². The van der Waals surface area contributed by atoms with Crippen LogP contribution >= 0.6 is 0 Å². The zero-order chi connectivity index (χ0) is 47.7. The standard InChI is InChI=1S/C59H62N3O.Pt/c1-37-22-24-38(25-23-37)40-28-29-60-50(33-40)42-30-41(31-44(32-42)57(5,6)7)46-20-17-21-52-53(46)61-55(48-35-45(58(8,9)10)36-49(54(48)63)59(11,12)13)62(52)51-27-26-43(56(2,3)4)34-47(51)39-18-15-14-16-19-39;/h14-29,31-36,63H,1-13H3;/q-1;/i1D3;. The van der Waals surface area contributed by atoms with E-state index in [1.807, 2.05) is 30.3 Å². The largest absolute Gasteiger partial charge is 0.507 e. The maximum absolute atomic E-state index is 12.5. The number of aromatic nitrogens is 3. The summed E-state index contributed by atoms with van der Waals surface area (Å²) < 4.78 is 25.8. The number of rotatable bonds is 6. The molecule has 0 atom stereocenters. The predicted molar refractivity (Wildman–Crippen MR) is 266 cm³/mol. The van der Waals surface area contributed by atoms with Crippen molar-refractivity contribution in [3.63, 3.8) is 0 Å². The van der Waals surface area contributed by atoms with Crippen LogP contribution in [-0.2, 0) is 42.7 Å². The molecule has 0 unspecified atom stereocenters. The van der Waals surface area contributed by atoms with Gasteiger partial charge in [0.1, 0.15) is 11.6 Å². The number of imidazole rings is 1. The maximum Gasteiger partial charge on any atom is 0.148 e. The number of nitrogens with zero attached hydrogens (tertiary/aromatic N) is 3. The Morgan fingerprint density at radius 3 is 1.83 bits per heavy atom. The molecule has 0 saturated heterocycles. The van der Waals surface area contributed by atoms with Gasteiger partial charge < -0.3 is 5.11 Å². The van der Waals surface area contributed by atoms with E-state index in [9.17, 15) is 5.11 Å². The van der Waals surface area contributed by atoms with Gasteiger partial charge in [0.25, 0.3) is 0 Å². The molecule has 2 aromatic heterocycles. The van der Waals surface area contributed by atoms with E-state index >= 15 is 0 Å². The topological polar surface area (TPSA) is 50.9 Å². The van der Waals surface area contributed by atoms with Crippen molar-refractivity contribution in [1.29, 1.82) is 0 Å². The molecule has 64 heavy (non-hydrogen) atoms. The summed E-state index contributed by atoms with van der Waals surface area (Å²) in [7, 11) is 0. The number of hydrogen-bond donors (Lipinski definition) is 1. The van der Waals surface area contributed by atoms with Crippen LogP contribution in [0.5, 0.6) is 5.75 Å². The number of aryl methyl sites for hydroxylation is 1. The number of phenolic OH excluding ortho intramolecular Hbond substituents is 1. The van der Waals surface area contributed by atoms with Crippen LogP contribution in [-0.4, -0.2) is 19.6 Å². The minimum Gasteiger partial charge on any atom is -0.507 e. The molecular weight excluding hydrogens is 962 g/mol. The average molecular weight is 1030 g/mol. The summed E-state index contributed by atoms with van der Waals surface area (Å²) in [6.45, 7) is 24.3. The summed E-state index contributed by atoms with van der Waals surface area (Å²) in [5, 5.41) is 12.5. The van der Waals surface area contributed by atoms with Crippen LogP contribution in [0, 0.1) is 12.9 Å². The van der Waals surface area contributed by atoms with Crippen molar-refractivity contribution in [3.05, 3.63) is 167 Å². The number of pyridine rings is 1. The monoisotopic (exact) mass is 1030 g/mol. The maximum atomic E-state index is 12.5. The summed E-state index contributed by atoms with van der Waals surface area (Å²) in [6, 6.07) is 47.2. The SMILES string of the molecule is [2H]C([2H])([2H])c1ccc(-c2ccnc(-c3[c-]c(-c4cccc5c4nc(-c4cc(C(C)(C)C)cc(C(C)(C)C)c4O)n5-c4ccc(C(C)(C)C)cc4-c4ccccc4)cc(C(C)(C)C)c3)c2)cc1.[Pt]. The third kappa shape index (κ3) is 9.18. The summed E-state index contributed by atoms with van der Waals surface area (Å²) in [6.07, 6.45) is 1.80. The fourth-order valence-corrected chi connectivity index (χ4v) is 8.30. The molecule has 8 aromatic rings. The van der Waals surface area contributed by atoms with E-state index in [1.165, 1.54) is 5.56 Å². The Bertz CT molecular complexity index is 3100. The Balaban J connectivity index is 0.00000666. The average Bonchev–Trinajstić information content (AvgIpc) is 3.64. The van der Waals surface area contributed by atoms with Gasteiger partial charge in [-0.3, -0.25) is 9.55 Å². The Morgan fingerprint density at radius 2 is 1.19 bits per heavy atom. The minimum absolute atomic E-state index is 0. The second-order valence-electron chi connectivity index (χ2n) is 21.2. The van der Waals surface area contributed by atoms with Crippen molar-refractivity contribution in [2.45, 2.75) is 112 Å². The van der Waals surface area contributed by atoms with Crippen LogP contribution in [0.2, 0.25) is 0 Å². The molecule has 0 saturated carbocycles. The van der Waals surface area contributed by atoms with Crippen LogP contribution < -0.4 is 0 Å². The van der Waals surface area contributed by atoms with Gasteiger partial charge >= 0.3 is 0 Å². The first-order valence-corrected chi connectivity index (χ1v) is 22.0. The van der Waals surface area contributed by atoms with E-state index in [4.69, 9.17) is 14.1 Å². The molecule has 0 fully saturated rings. The fraction of sp³-hybridized carbons (Fsp3) is 0.288. The quantitative estimate of drug-likeness (QED) is 0.169. The van der Waals surface area contributed by atoms with E-state index < -0.39 is 6.85 Å². The summed E-state index contributed by atoms with van der Waals surface area (Å²) in [5.74, 6) is 0.877. The molecule has 0 aliphatic heterocycles. The van der Waals surface area contributed by atoms with Gasteiger partial charge in [0.05, 0.1) is 22.3 Å². The van der Waals surface area contributed by atoms with Crippen molar-refractivity contribution in [3.8, 4) is 67.5 Å². The Labute approximate surface area is 400 Å². The second-order valence-corrected chi connectivity index (χ2v) is 21.2. The van der Waals surface area contributed by atoms with Gasteiger partial charge in [-0.1, -0.05) is 185 Å². The smallest absolute Gasteiger partial charge is 0.148 e. The molecule has 5 heteroatoms. The first kappa shape index (κ1) is 42.4. The molecule has 0 bridgehead atoms. The van der Waals surface area contributed by atoms with E-state index in [-0.39, 0.29) is 48.5 Å². The molecule has 0 amide bonds. The molecule has 0 spiro atoms. The second kappa shape index (κ2) is 17.1. The third-order valence-corrected chi connectivity index (χ3v) is 12.2. The Kier molecular flexibility index (Phi) is 11.3. The summed E-state index contributed by atoms with van der Waals surface area (Å²) in [5.41, 5.74) is 14.4. The molecule has 330 valence electrons. The minimum atomic E-state index is -2.17. The van der Waals surface area contributed by atoms with Crippen molar-refractivity contribution in [2.75, 3.05) is 0 Å². The molecule has 0 radical (unpaired) electrons. The molecule has 8 rings (SSSR count). The van der Waals surface area contributed by atoms with Gasteiger partial charge in [-0.2, -0.15) is 0 Å². The van der Waals surface area contributed by atoms with Crippen molar-refractivity contribution >= 4 is 11.0 Å². The van der Waals surface area contributed by atoms with E-state index in [0.29, 0.717) is 17.0 Å². The number of hydrogen-bond acceptors (Lipinski definition) is 3. The fourth-order valence-electron chi connectivity index (χ4n) is 8.30. The molecule has 1 N–H and O–H groups in total. The van der Waals surface area contributed by atoms with Gasteiger partial charge in [-0.15, -0.1) is 29.3 Å². The number of benzene rings is 6. The van der Waals surface area contributed by atoms with Crippen LogP contribution in [0.1, 0.15) is 115 Å². The number of phenols is 1. The zero-order valence-electron chi connectivity index (χ0n) is 42.3. The van der Waals surface area contributed by atoms with Crippen LogP contribution in [0.25, 0.3) is 72.7 Å². The van der Waals surface area contributed by atoms with Crippen LogP contribution in [0.3, 0.4) is 0 Å². The van der Waals surface area contributed by atoms with Gasteiger partial charge in [-0.25, -0.2) is 4.98 Å². The van der Waals surface area contributed by atoms with E-state index in [0.717, 1.165) is 78.0 Å². The van der Waals surface area contributed by atoms with Crippen molar-refractivity contribution in [2.24, 2.45) is 0 Å². The Hall–Kier alpha value is -5.57. The third-order valence-electron chi connectivity index (χ3n) is 12.2. The summed E-state index contributed by atoms with van der Waals surface area (Å²) in [4.78, 5) is 10.5. The van der Waals surface area contributed by atoms with E-state index in [1.54, 1.807) is 18.3 Å².